The number of hydrogen-bond donors (Lipinski definition) is 1. The normalized spacial score (nSPS) is 11.8. The Balaban J connectivity index is 2.03. The predicted octanol–water partition coefficient (Wildman–Crippen LogP) is 3.62. The average molecular weight is 391 g/mol. The molecule has 0 amide bonds. The van der Waals surface area contributed by atoms with E-state index in [1.165, 1.54) is 6.21 Å². The van der Waals surface area contributed by atoms with Crippen molar-refractivity contribution in [2.24, 2.45) is 5.10 Å². The molecule has 0 radical (unpaired) electrons. The van der Waals surface area contributed by atoms with E-state index in [0.29, 0.717) is 22.5 Å². The molecule has 1 N–H and O–H groups in total. The third-order valence-corrected chi connectivity index (χ3v) is 3.77. The Labute approximate surface area is 156 Å². The highest BCUT2D eigenvalue weighted by atomic mass is 32.1. The quantitative estimate of drug-likeness (QED) is 0.532. The lowest BCUT2D eigenvalue weighted by Gasteiger charge is -2.04. The van der Waals surface area contributed by atoms with Gasteiger partial charge in [-0.2, -0.15) is 33.3 Å². The zero-order chi connectivity index (χ0) is 19.4. The molecule has 0 bridgehead atoms. The van der Waals surface area contributed by atoms with Crippen LogP contribution in [0.4, 0.5) is 13.2 Å². The molecule has 0 aliphatic rings. The topological polar surface area (TPSA) is 87.6 Å². The first kappa shape index (κ1) is 18.5. The zero-order valence-electron chi connectivity index (χ0n) is 13.7. The lowest BCUT2D eigenvalue weighted by molar-refractivity contribution is -0.147. The molecule has 0 atom stereocenters. The molecule has 11 heteroatoms. The lowest BCUT2D eigenvalue weighted by Crippen LogP contribution is -2.12. The van der Waals surface area contributed by atoms with Crippen molar-refractivity contribution in [2.45, 2.75) is 19.1 Å². The van der Waals surface area contributed by atoms with Crippen LogP contribution in [0.2, 0.25) is 0 Å². The van der Waals surface area contributed by atoms with E-state index in [4.69, 9.17) is 17.5 Å². The Hall–Kier alpha value is -3.26. The molecular weight excluding hydrogens is 379 g/mol. The van der Waals surface area contributed by atoms with Gasteiger partial charge in [0.2, 0.25) is 4.77 Å². The third-order valence-electron chi connectivity index (χ3n) is 3.51. The molecule has 0 unspecified atom stereocenters. The molecule has 0 fully saturated rings. The van der Waals surface area contributed by atoms with Gasteiger partial charge < -0.3 is 0 Å². The fourth-order valence-corrected chi connectivity index (χ4v) is 2.51. The third kappa shape index (κ3) is 4.12. The summed E-state index contributed by atoms with van der Waals surface area (Å²) >= 11 is 4.82. The molecule has 3 aromatic rings. The first-order chi connectivity index (χ1) is 12.9. The number of aromatic amines is 1. The Bertz CT molecular complexity index is 1050. The Morgan fingerprint density at radius 1 is 1.30 bits per heavy atom. The van der Waals surface area contributed by atoms with Gasteiger partial charge in [-0.25, -0.2) is 5.10 Å². The van der Waals surface area contributed by atoms with Crippen molar-refractivity contribution in [1.82, 2.24) is 24.7 Å². The van der Waals surface area contributed by atoms with Crippen molar-refractivity contribution in [3.05, 3.63) is 52.7 Å². The molecule has 27 heavy (non-hydrogen) atoms. The van der Waals surface area contributed by atoms with Crippen LogP contribution in [0.3, 0.4) is 0 Å². The molecule has 3 rings (SSSR count). The number of benzene rings is 1. The van der Waals surface area contributed by atoms with Crippen LogP contribution >= 0.6 is 12.2 Å². The van der Waals surface area contributed by atoms with Crippen molar-refractivity contribution < 1.29 is 13.2 Å². The maximum atomic E-state index is 13.0. The van der Waals surface area contributed by atoms with Crippen LogP contribution in [0, 0.1) is 16.1 Å². The smallest absolute Gasteiger partial charge is 0.270 e. The molecule has 0 saturated carbocycles. The van der Waals surface area contributed by atoms with Gasteiger partial charge in [-0.3, -0.25) is 4.68 Å². The summed E-state index contributed by atoms with van der Waals surface area (Å²) in [6.07, 6.45) is -1.61. The van der Waals surface area contributed by atoms with Crippen molar-refractivity contribution in [3.63, 3.8) is 0 Å². The summed E-state index contributed by atoms with van der Waals surface area (Å²) in [6.45, 7) is 0.350. The van der Waals surface area contributed by atoms with Crippen LogP contribution in [0.1, 0.15) is 17.8 Å². The van der Waals surface area contributed by atoms with Gasteiger partial charge in [0.15, 0.2) is 0 Å². The molecule has 7 nitrogen and oxygen atoms in total. The second kappa shape index (κ2) is 7.55. The van der Waals surface area contributed by atoms with E-state index in [1.54, 1.807) is 10.9 Å². The summed E-state index contributed by atoms with van der Waals surface area (Å²) in [6, 6.07) is 11.1. The molecule has 0 saturated heterocycles. The minimum absolute atomic E-state index is 0.248. The van der Waals surface area contributed by atoms with Crippen molar-refractivity contribution in [3.8, 4) is 17.3 Å². The molecule has 0 aliphatic carbocycles. The van der Waals surface area contributed by atoms with E-state index in [9.17, 15) is 13.2 Å². The molecule has 2 heterocycles. The number of nitrogens with one attached hydrogen (secondary N) is 1. The van der Waals surface area contributed by atoms with Gasteiger partial charge >= 0.3 is 6.18 Å². The maximum Gasteiger partial charge on any atom is 0.453 e. The van der Waals surface area contributed by atoms with Gasteiger partial charge in [0.1, 0.15) is 5.69 Å². The SMILES string of the molecule is N#CCCn1cc(/C=N\n2c(C(F)(F)F)n[nH]c2=S)c(-c2ccccc2)n1. The minimum atomic E-state index is -4.70. The van der Waals surface area contributed by atoms with Crippen LogP contribution in [-0.4, -0.2) is 30.9 Å². The lowest BCUT2D eigenvalue weighted by atomic mass is 10.1. The van der Waals surface area contributed by atoms with Crippen molar-refractivity contribution in [2.75, 3.05) is 0 Å². The maximum absolute atomic E-state index is 13.0. The monoisotopic (exact) mass is 391 g/mol. The van der Waals surface area contributed by atoms with Gasteiger partial charge in [0.05, 0.1) is 25.2 Å². The van der Waals surface area contributed by atoms with E-state index in [0.717, 1.165) is 5.56 Å². The van der Waals surface area contributed by atoms with E-state index in [1.807, 2.05) is 36.4 Å². The summed E-state index contributed by atoms with van der Waals surface area (Å²) < 4.78 is 40.8. The predicted molar refractivity (Wildman–Crippen MR) is 93.3 cm³/mol. The summed E-state index contributed by atoms with van der Waals surface area (Å²) in [5.74, 6) is -1.25. The molecular formula is C16H12F3N7S. The number of aromatic nitrogens is 5. The fraction of sp³-hybridized carbons (Fsp3) is 0.188. The van der Waals surface area contributed by atoms with Gasteiger partial charge in [0.25, 0.3) is 5.82 Å². The Kier molecular flexibility index (Phi) is 5.18. The second-order valence-electron chi connectivity index (χ2n) is 5.38. The molecule has 1 aromatic carbocycles. The highest BCUT2D eigenvalue weighted by Crippen LogP contribution is 2.27. The Morgan fingerprint density at radius 3 is 2.70 bits per heavy atom. The highest BCUT2D eigenvalue weighted by Gasteiger charge is 2.37. The van der Waals surface area contributed by atoms with Crippen LogP contribution in [-0.2, 0) is 12.7 Å². The molecule has 138 valence electrons. The van der Waals surface area contributed by atoms with E-state index >= 15 is 0 Å². The highest BCUT2D eigenvalue weighted by molar-refractivity contribution is 7.71. The van der Waals surface area contributed by atoms with Crippen molar-refractivity contribution >= 4 is 18.4 Å². The number of H-pyrrole nitrogens is 1. The van der Waals surface area contributed by atoms with Gasteiger partial charge in [-0.05, 0) is 12.2 Å². The van der Waals surface area contributed by atoms with Crippen molar-refractivity contribution in [1.29, 1.82) is 5.26 Å². The summed E-state index contributed by atoms with van der Waals surface area (Å²) in [4.78, 5) is 0. The van der Waals surface area contributed by atoms with E-state index in [-0.39, 0.29) is 11.2 Å². The Morgan fingerprint density at radius 2 is 2.04 bits per heavy atom. The number of halogens is 3. The number of rotatable bonds is 5. The van der Waals surface area contributed by atoms with Crippen LogP contribution in [0.15, 0.2) is 41.6 Å². The van der Waals surface area contributed by atoms with Gasteiger partial charge in [-0.1, -0.05) is 30.3 Å². The number of hydrogen-bond acceptors (Lipinski definition) is 5. The number of nitrogens with zero attached hydrogens (tertiary/aromatic N) is 6. The average Bonchev–Trinajstić information content (AvgIpc) is 3.22. The number of alkyl halides is 3. The molecule has 2 aromatic heterocycles. The standard InChI is InChI=1S/C16H12F3N7S/c17-16(18,19)14-22-23-15(27)26(14)21-9-12-10-25(8-4-7-20)24-13(12)11-5-2-1-3-6-11/h1-3,5-6,9-10H,4,8H2,(H,23,27)/b21-9-. The number of nitriles is 1. The zero-order valence-corrected chi connectivity index (χ0v) is 14.5. The van der Waals surface area contributed by atoms with E-state index in [2.05, 4.69) is 20.4 Å². The fourth-order valence-electron chi connectivity index (χ4n) is 2.33. The first-order valence-corrected chi connectivity index (χ1v) is 8.10. The summed E-state index contributed by atoms with van der Waals surface area (Å²) in [7, 11) is 0. The molecule has 0 aliphatic heterocycles. The van der Waals surface area contributed by atoms with Gasteiger partial charge in [-0.15, -0.1) is 5.10 Å². The first-order valence-electron chi connectivity index (χ1n) is 7.69. The van der Waals surface area contributed by atoms with Crippen LogP contribution < -0.4 is 0 Å². The summed E-state index contributed by atoms with van der Waals surface area (Å²) in [5, 5.41) is 22.2. The largest absolute Gasteiger partial charge is 0.453 e. The van der Waals surface area contributed by atoms with Crippen LogP contribution in [0.5, 0.6) is 0 Å². The van der Waals surface area contributed by atoms with Crippen LogP contribution in [0.25, 0.3) is 11.3 Å². The minimum Gasteiger partial charge on any atom is -0.270 e. The van der Waals surface area contributed by atoms with E-state index < -0.39 is 12.0 Å². The summed E-state index contributed by atoms with van der Waals surface area (Å²) in [5.41, 5.74) is 1.78. The van der Waals surface area contributed by atoms with Gasteiger partial charge in [0, 0.05) is 17.3 Å². The molecule has 0 spiro atoms. The number of aryl methyl sites for hydroxylation is 1. The second-order valence-corrected chi connectivity index (χ2v) is 5.76.